The van der Waals surface area contributed by atoms with E-state index in [0.29, 0.717) is 6.54 Å². The summed E-state index contributed by atoms with van der Waals surface area (Å²) in [5, 5.41) is 8.37. The molecule has 0 atom stereocenters. The number of aromatic nitrogens is 1. The van der Waals surface area contributed by atoms with Crippen LogP contribution < -0.4 is 5.32 Å². The normalized spacial score (nSPS) is 14.1. The topological polar surface area (TPSA) is 66.7 Å². The molecular weight excluding hydrogens is 520 g/mol. The Hall–Kier alpha value is -4.12. The van der Waals surface area contributed by atoms with Gasteiger partial charge in [0.25, 0.3) is 11.8 Å². The van der Waals surface area contributed by atoms with Crippen LogP contribution in [0.2, 0.25) is 0 Å². The Bertz CT molecular complexity index is 1550. The van der Waals surface area contributed by atoms with Crippen LogP contribution in [0.25, 0.3) is 10.9 Å². The first-order valence-electron chi connectivity index (χ1n) is 11.5. The molecule has 2 amide bonds. The number of fused-ring (bicyclic) bond motifs is 1. The highest BCUT2D eigenvalue weighted by Crippen LogP contribution is 2.35. The van der Waals surface area contributed by atoms with Crippen molar-refractivity contribution in [3.63, 3.8) is 0 Å². The number of alkyl halides is 3. The third-order valence-corrected chi connectivity index (χ3v) is 6.90. The molecule has 3 aromatic carbocycles. The predicted octanol–water partition coefficient (Wildman–Crippen LogP) is 5.88. The lowest BCUT2D eigenvalue weighted by Gasteiger charge is -2.23. The number of hydrogen-bond acceptors (Lipinski definition) is 4. The first-order chi connectivity index (χ1) is 18.2. The maximum atomic E-state index is 13.3. The van der Waals surface area contributed by atoms with Crippen LogP contribution in [0, 0.1) is 5.82 Å². The van der Waals surface area contributed by atoms with Crippen LogP contribution in [0.15, 0.2) is 84.1 Å². The number of amides is 2. The van der Waals surface area contributed by atoms with Gasteiger partial charge >= 0.3 is 6.18 Å². The molecule has 5 rings (SSSR count). The zero-order chi connectivity index (χ0) is 26.9. The Morgan fingerprint density at radius 1 is 0.974 bits per heavy atom. The fourth-order valence-electron chi connectivity index (χ4n) is 4.18. The Morgan fingerprint density at radius 2 is 1.68 bits per heavy atom. The van der Waals surface area contributed by atoms with Crippen molar-refractivity contribution in [1.82, 2.24) is 9.58 Å². The summed E-state index contributed by atoms with van der Waals surface area (Å²) in [6, 6.07) is 18.4. The van der Waals surface area contributed by atoms with Crippen molar-refractivity contribution in [2.24, 2.45) is 5.10 Å². The van der Waals surface area contributed by atoms with E-state index in [9.17, 15) is 27.2 Å². The minimum Gasteiger partial charge on any atom is -0.343 e. The number of nitrogens with one attached hydrogen (secondary N) is 1. The number of anilines is 1. The summed E-state index contributed by atoms with van der Waals surface area (Å²) in [6.07, 6.45) is -2.77. The Morgan fingerprint density at radius 3 is 2.45 bits per heavy atom. The predicted molar refractivity (Wildman–Crippen MR) is 138 cm³/mol. The maximum Gasteiger partial charge on any atom is 0.418 e. The monoisotopic (exact) mass is 540 g/mol. The van der Waals surface area contributed by atoms with Crippen molar-refractivity contribution in [3.05, 3.63) is 102 Å². The van der Waals surface area contributed by atoms with Crippen molar-refractivity contribution < 1.29 is 27.2 Å². The smallest absolute Gasteiger partial charge is 0.343 e. The summed E-state index contributed by atoms with van der Waals surface area (Å²) < 4.78 is 55.3. The second-order valence-electron chi connectivity index (χ2n) is 8.57. The molecule has 194 valence electrons. The zero-order valence-electron chi connectivity index (χ0n) is 19.7. The summed E-state index contributed by atoms with van der Waals surface area (Å²) in [7, 11) is 0. The van der Waals surface area contributed by atoms with E-state index in [1.54, 1.807) is 12.1 Å². The van der Waals surface area contributed by atoms with Gasteiger partial charge in [0.05, 0.1) is 23.5 Å². The van der Waals surface area contributed by atoms with E-state index in [1.165, 1.54) is 24.3 Å². The molecule has 1 aliphatic rings. The van der Waals surface area contributed by atoms with E-state index in [-0.39, 0.29) is 34.8 Å². The van der Waals surface area contributed by atoms with Gasteiger partial charge in [-0.25, -0.2) is 9.40 Å². The minimum absolute atomic E-state index is 0.0617. The Kier molecular flexibility index (Phi) is 6.94. The number of carbonyl (C=O) groups is 2. The highest BCUT2D eigenvalue weighted by Gasteiger charge is 2.34. The molecule has 6 nitrogen and oxygen atoms in total. The molecular formula is C27H20F4N4O2S. The second-order valence-corrected chi connectivity index (χ2v) is 9.53. The summed E-state index contributed by atoms with van der Waals surface area (Å²) in [4.78, 5) is 25.4. The molecule has 0 aliphatic carbocycles. The van der Waals surface area contributed by atoms with Gasteiger partial charge in [-0.3, -0.25) is 9.59 Å². The van der Waals surface area contributed by atoms with Crippen LogP contribution in [-0.4, -0.2) is 32.2 Å². The van der Waals surface area contributed by atoms with Crippen LogP contribution >= 0.6 is 11.8 Å². The molecule has 1 aromatic heterocycles. The van der Waals surface area contributed by atoms with Gasteiger partial charge in [-0.05, 0) is 41.5 Å². The SMILES string of the molecule is O=C(Nc1ccccc1C(F)(F)F)C1=NN(Cc2cn(Cc3ccc(F)cc3)c3ccccc23)C(=O)CS1. The van der Waals surface area contributed by atoms with Gasteiger partial charge in [-0.15, -0.1) is 0 Å². The molecule has 11 heteroatoms. The molecule has 0 radical (unpaired) electrons. The highest BCUT2D eigenvalue weighted by atomic mass is 32.2. The number of para-hydroxylation sites is 2. The Balaban J connectivity index is 1.40. The van der Waals surface area contributed by atoms with Crippen LogP contribution in [0.3, 0.4) is 0 Å². The number of benzene rings is 3. The van der Waals surface area contributed by atoms with Crippen molar-refractivity contribution in [1.29, 1.82) is 0 Å². The first kappa shape index (κ1) is 25.5. The molecule has 0 unspecified atom stereocenters. The summed E-state index contributed by atoms with van der Waals surface area (Å²) >= 11 is 0.868. The number of rotatable bonds is 6. The zero-order valence-corrected chi connectivity index (χ0v) is 20.5. The van der Waals surface area contributed by atoms with E-state index >= 15 is 0 Å². The first-order valence-corrected chi connectivity index (χ1v) is 12.5. The number of carbonyl (C=O) groups excluding carboxylic acids is 2. The van der Waals surface area contributed by atoms with E-state index in [0.717, 1.165) is 50.9 Å². The number of nitrogens with zero attached hydrogens (tertiary/aromatic N) is 3. The van der Waals surface area contributed by atoms with Gasteiger partial charge in [0.15, 0.2) is 5.04 Å². The van der Waals surface area contributed by atoms with Crippen molar-refractivity contribution >= 4 is 45.2 Å². The largest absolute Gasteiger partial charge is 0.418 e. The lowest BCUT2D eigenvalue weighted by molar-refractivity contribution is -0.137. The molecule has 38 heavy (non-hydrogen) atoms. The molecule has 0 bridgehead atoms. The molecule has 4 aromatic rings. The third kappa shape index (κ3) is 5.42. The van der Waals surface area contributed by atoms with Crippen LogP contribution in [0.5, 0.6) is 0 Å². The quantitative estimate of drug-likeness (QED) is 0.311. The van der Waals surface area contributed by atoms with E-state index in [4.69, 9.17) is 0 Å². The Labute approximate surface area is 218 Å². The molecule has 1 aliphatic heterocycles. The van der Waals surface area contributed by atoms with Crippen molar-refractivity contribution in [2.75, 3.05) is 11.1 Å². The van der Waals surface area contributed by atoms with E-state index in [1.807, 2.05) is 35.0 Å². The van der Waals surface area contributed by atoms with Crippen LogP contribution in [0.4, 0.5) is 23.2 Å². The van der Waals surface area contributed by atoms with Gasteiger partial charge in [-0.2, -0.15) is 18.3 Å². The van der Waals surface area contributed by atoms with Gasteiger partial charge in [0, 0.05) is 23.6 Å². The van der Waals surface area contributed by atoms with Crippen LogP contribution in [0.1, 0.15) is 16.7 Å². The van der Waals surface area contributed by atoms with Crippen LogP contribution in [-0.2, 0) is 28.9 Å². The molecule has 0 saturated carbocycles. The van der Waals surface area contributed by atoms with Gasteiger partial charge in [-0.1, -0.05) is 54.2 Å². The molecule has 2 heterocycles. The number of thioether (sulfide) groups is 1. The number of halogens is 4. The maximum absolute atomic E-state index is 13.3. The minimum atomic E-state index is -4.64. The van der Waals surface area contributed by atoms with Crippen molar-refractivity contribution in [2.45, 2.75) is 19.3 Å². The molecule has 1 N–H and O–H groups in total. The standard InChI is InChI=1S/C27H20F4N4O2S/c28-19-11-9-17(10-12-19)13-34-14-18(20-5-1-4-8-23(20)34)15-35-24(36)16-38-26(33-35)25(37)32-22-7-3-2-6-21(22)27(29,30)31/h1-12,14H,13,15-16H2,(H,32,37). The fourth-order valence-corrected chi connectivity index (χ4v) is 4.92. The lowest BCUT2D eigenvalue weighted by Crippen LogP contribution is -2.36. The lowest BCUT2D eigenvalue weighted by atomic mass is 10.1. The molecule has 0 fully saturated rings. The third-order valence-electron chi connectivity index (χ3n) is 5.96. The van der Waals surface area contributed by atoms with Gasteiger partial charge < -0.3 is 9.88 Å². The summed E-state index contributed by atoms with van der Waals surface area (Å²) in [5.41, 5.74) is 1.20. The van der Waals surface area contributed by atoms with Gasteiger partial charge in [0.1, 0.15) is 5.82 Å². The summed E-state index contributed by atoms with van der Waals surface area (Å²) in [5.74, 6) is -1.57. The molecule has 0 spiro atoms. The second kappa shape index (κ2) is 10.3. The summed E-state index contributed by atoms with van der Waals surface area (Å²) in [6.45, 7) is 0.534. The number of hydrazone groups is 1. The number of hydrogen-bond donors (Lipinski definition) is 1. The highest BCUT2D eigenvalue weighted by molar-refractivity contribution is 8.16. The average molecular weight is 541 g/mol. The average Bonchev–Trinajstić information content (AvgIpc) is 3.23. The van der Waals surface area contributed by atoms with Gasteiger partial charge in [0.2, 0.25) is 0 Å². The van der Waals surface area contributed by atoms with E-state index in [2.05, 4.69) is 10.4 Å². The fraction of sp³-hybridized carbons (Fsp3) is 0.148. The van der Waals surface area contributed by atoms with E-state index < -0.39 is 17.6 Å². The van der Waals surface area contributed by atoms with Crippen molar-refractivity contribution in [3.8, 4) is 0 Å². The molecule has 0 saturated heterocycles.